The Morgan fingerprint density at radius 2 is 2.16 bits per heavy atom. The van der Waals surface area contributed by atoms with Crippen LogP contribution < -0.4 is 4.74 Å². The van der Waals surface area contributed by atoms with Crippen LogP contribution in [-0.4, -0.2) is 36.5 Å². The molecule has 1 aromatic carbocycles. The number of nitrogens with zero attached hydrogens (tertiary/aromatic N) is 1. The van der Waals surface area contributed by atoms with Gasteiger partial charge in [-0.1, -0.05) is 18.6 Å². The second-order valence-corrected chi connectivity index (χ2v) is 5.98. The van der Waals surface area contributed by atoms with E-state index in [0.717, 1.165) is 50.2 Å². The predicted octanol–water partition coefficient (Wildman–Crippen LogP) is 3.26. The molecule has 0 bridgehead atoms. The Kier molecular flexibility index (Phi) is 4.29. The van der Waals surface area contributed by atoms with Gasteiger partial charge in [0.15, 0.2) is 0 Å². The maximum Gasteiger partial charge on any atom is 0.122 e. The van der Waals surface area contributed by atoms with Gasteiger partial charge in [0.1, 0.15) is 5.75 Å². The van der Waals surface area contributed by atoms with Gasteiger partial charge in [-0.05, 0) is 36.5 Å². The maximum atomic E-state index is 5.92. The van der Waals surface area contributed by atoms with Crippen LogP contribution in [0.4, 0.5) is 0 Å². The topological polar surface area (TPSA) is 12.5 Å². The Morgan fingerprint density at radius 3 is 2.89 bits per heavy atom. The highest BCUT2D eigenvalue weighted by atomic mass is 35.5. The second kappa shape index (κ2) is 6.15. The van der Waals surface area contributed by atoms with Crippen molar-refractivity contribution in [1.82, 2.24) is 4.90 Å². The number of rotatable bonds is 6. The molecule has 1 aromatic rings. The number of hydrogen-bond donors (Lipinski definition) is 0. The van der Waals surface area contributed by atoms with Crippen molar-refractivity contribution in [2.24, 2.45) is 0 Å². The molecule has 0 radical (unpaired) electrons. The first-order valence-corrected chi connectivity index (χ1v) is 7.95. The van der Waals surface area contributed by atoms with Gasteiger partial charge in [-0.25, -0.2) is 0 Å². The molecule has 19 heavy (non-hydrogen) atoms. The van der Waals surface area contributed by atoms with Crippen molar-refractivity contribution in [2.75, 3.05) is 25.6 Å². The van der Waals surface area contributed by atoms with E-state index in [1.165, 1.54) is 30.4 Å². The van der Waals surface area contributed by atoms with Crippen LogP contribution in [0.25, 0.3) is 0 Å². The number of fused-ring (bicyclic) bond motifs is 1. The molecule has 0 N–H and O–H groups in total. The molecule has 1 fully saturated rings. The van der Waals surface area contributed by atoms with E-state index < -0.39 is 0 Å². The molecule has 0 saturated heterocycles. The fourth-order valence-corrected chi connectivity index (χ4v) is 3.22. The molecule has 1 heterocycles. The van der Waals surface area contributed by atoms with E-state index in [9.17, 15) is 0 Å². The molecule has 0 aromatic heterocycles. The molecule has 3 rings (SSSR count). The lowest BCUT2D eigenvalue weighted by molar-refractivity contribution is 0.136. The molecule has 104 valence electrons. The summed E-state index contributed by atoms with van der Waals surface area (Å²) in [5.41, 5.74) is 2.81. The first-order chi connectivity index (χ1) is 9.36. The molecular weight excluding hydrogens is 258 g/mol. The monoisotopic (exact) mass is 279 g/mol. The fraction of sp³-hybridized carbons (Fsp3) is 0.625. The van der Waals surface area contributed by atoms with Gasteiger partial charge in [-0.3, -0.25) is 4.90 Å². The molecule has 0 atom stereocenters. The van der Waals surface area contributed by atoms with Crippen molar-refractivity contribution in [3.8, 4) is 5.75 Å². The van der Waals surface area contributed by atoms with E-state index in [2.05, 4.69) is 23.1 Å². The van der Waals surface area contributed by atoms with E-state index in [-0.39, 0.29) is 0 Å². The summed E-state index contributed by atoms with van der Waals surface area (Å²) in [7, 11) is 0. The van der Waals surface area contributed by atoms with Crippen molar-refractivity contribution in [2.45, 2.75) is 38.1 Å². The Balaban J connectivity index is 1.58. The highest BCUT2D eigenvalue weighted by Crippen LogP contribution is 2.27. The van der Waals surface area contributed by atoms with Crippen molar-refractivity contribution in [3.63, 3.8) is 0 Å². The van der Waals surface area contributed by atoms with Gasteiger partial charge in [0, 0.05) is 31.4 Å². The summed E-state index contributed by atoms with van der Waals surface area (Å²) in [5.74, 6) is 1.83. The van der Waals surface area contributed by atoms with Gasteiger partial charge >= 0.3 is 0 Å². The van der Waals surface area contributed by atoms with Crippen molar-refractivity contribution in [3.05, 3.63) is 29.3 Å². The number of alkyl halides is 1. The number of halogens is 1. The third-order valence-corrected chi connectivity index (χ3v) is 4.57. The average molecular weight is 280 g/mol. The Labute approximate surface area is 120 Å². The van der Waals surface area contributed by atoms with E-state index in [4.69, 9.17) is 16.3 Å². The van der Waals surface area contributed by atoms with Gasteiger partial charge in [0.25, 0.3) is 0 Å². The van der Waals surface area contributed by atoms with Gasteiger partial charge in [0.05, 0.1) is 6.61 Å². The third kappa shape index (κ3) is 3.06. The molecule has 2 nitrogen and oxygen atoms in total. The highest BCUT2D eigenvalue weighted by Gasteiger charge is 2.24. The number of hydrogen-bond acceptors (Lipinski definition) is 2. The van der Waals surface area contributed by atoms with Gasteiger partial charge in [-0.2, -0.15) is 0 Å². The molecule has 1 saturated carbocycles. The first-order valence-electron chi connectivity index (χ1n) is 7.41. The van der Waals surface area contributed by atoms with Crippen LogP contribution in [-0.2, 0) is 12.8 Å². The van der Waals surface area contributed by atoms with Crippen molar-refractivity contribution >= 4 is 11.6 Å². The Morgan fingerprint density at radius 1 is 1.26 bits per heavy atom. The van der Waals surface area contributed by atoms with Crippen LogP contribution in [0.2, 0.25) is 0 Å². The zero-order valence-electron chi connectivity index (χ0n) is 11.4. The first kappa shape index (κ1) is 13.3. The van der Waals surface area contributed by atoms with Crippen molar-refractivity contribution in [1.29, 1.82) is 0 Å². The molecule has 2 aliphatic rings. The minimum atomic E-state index is 0.745. The van der Waals surface area contributed by atoms with Gasteiger partial charge in [-0.15, -0.1) is 11.6 Å². The van der Waals surface area contributed by atoms with E-state index in [1.54, 1.807) is 0 Å². The summed E-state index contributed by atoms with van der Waals surface area (Å²) in [6, 6.07) is 7.45. The highest BCUT2D eigenvalue weighted by molar-refractivity contribution is 6.18. The molecule has 1 aliphatic carbocycles. The zero-order chi connectivity index (χ0) is 13.1. The maximum absolute atomic E-state index is 5.92. The van der Waals surface area contributed by atoms with Crippen LogP contribution in [0.3, 0.4) is 0 Å². The average Bonchev–Trinajstić information content (AvgIpc) is 2.81. The van der Waals surface area contributed by atoms with E-state index >= 15 is 0 Å². The zero-order valence-corrected chi connectivity index (χ0v) is 12.2. The summed E-state index contributed by atoms with van der Waals surface area (Å²) in [6.07, 6.45) is 6.29. The van der Waals surface area contributed by atoms with Crippen LogP contribution in [0.5, 0.6) is 5.75 Å². The summed E-state index contributed by atoms with van der Waals surface area (Å²) in [5, 5.41) is 0. The molecule has 0 amide bonds. The molecular formula is C16H22ClNO. The molecule has 0 unspecified atom stereocenters. The van der Waals surface area contributed by atoms with Crippen LogP contribution >= 0.6 is 11.6 Å². The van der Waals surface area contributed by atoms with E-state index in [1.807, 2.05) is 0 Å². The normalized spacial score (nSPS) is 18.2. The summed E-state index contributed by atoms with van der Waals surface area (Å²) < 4.78 is 5.55. The minimum Gasteiger partial charge on any atom is -0.493 e. The standard InChI is InChI=1S/C16H22ClNO/c17-8-10-18(15-2-1-3-15)9-6-13-4-5-16-14(12-13)7-11-19-16/h4-5,12,15H,1-3,6-11H2. The van der Waals surface area contributed by atoms with Gasteiger partial charge in [0.2, 0.25) is 0 Å². The molecule has 1 aliphatic heterocycles. The predicted molar refractivity (Wildman–Crippen MR) is 79.3 cm³/mol. The SMILES string of the molecule is ClCCN(CCc1ccc2c(c1)CCO2)C1CCC1. The number of ether oxygens (including phenoxy) is 1. The molecule has 3 heteroatoms. The lowest BCUT2D eigenvalue weighted by Gasteiger charge is -2.37. The summed E-state index contributed by atoms with van der Waals surface area (Å²) >= 11 is 5.92. The van der Waals surface area contributed by atoms with Crippen LogP contribution in [0.1, 0.15) is 30.4 Å². The Hall–Kier alpha value is -0.730. The largest absolute Gasteiger partial charge is 0.493 e. The van der Waals surface area contributed by atoms with Crippen LogP contribution in [0, 0.1) is 0 Å². The minimum absolute atomic E-state index is 0.745. The van der Waals surface area contributed by atoms with E-state index in [0.29, 0.717) is 0 Å². The smallest absolute Gasteiger partial charge is 0.122 e. The lowest BCUT2D eigenvalue weighted by atomic mass is 9.91. The lowest BCUT2D eigenvalue weighted by Crippen LogP contribution is -2.42. The number of benzene rings is 1. The van der Waals surface area contributed by atoms with Crippen molar-refractivity contribution < 1.29 is 4.74 Å². The summed E-state index contributed by atoms with van der Waals surface area (Å²) in [4.78, 5) is 2.57. The quantitative estimate of drug-likeness (QED) is 0.741. The second-order valence-electron chi connectivity index (χ2n) is 5.60. The van der Waals surface area contributed by atoms with Gasteiger partial charge < -0.3 is 4.74 Å². The summed E-state index contributed by atoms with van der Waals surface area (Å²) in [6.45, 7) is 3.01. The fourth-order valence-electron chi connectivity index (χ4n) is 3.01. The Bertz CT molecular complexity index is 431. The van der Waals surface area contributed by atoms with Crippen LogP contribution in [0.15, 0.2) is 18.2 Å². The third-order valence-electron chi connectivity index (χ3n) is 4.40. The molecule has 0 spiro atoms.